The molecule has 0 spiro atoms. The number of aliphatic carboxylic acids is 1. The Morgan fingerprint density at radius 3 is 2.27 bits per heavy atom. The zero-order chi connectivity index (χ0) is 10.9. The smallest absolute Gasteiger partial charge is 0.340 e. The first-order valence-corrected chi connectivity index (χ1v) is 5.17. The molecule has 2 rings (SSSR count). The maximum absolute atomic E-state index is 11.2. The second kappa shape index (κ2) is 3.66. The maximum Gasteiger partial charge on any atom is 0.340 e. The SMILES string of the molecule is O=C(O)C(O)(c1ccccc1)C1CCC1. The monoisotopic (exact) mass is 206 g/mol. The summed E-state index contributed by atoms with van der Waals surface area (Å²) in [5.41, 5.74) is -1.21. The lowest BCUT2D eigenvalue weighted by molar-refractivity contribution is -0.171. The average Bonchev–Trinajstić information content (AvgIpc) is 2.16. The van der Waals surface area contributed by atoms with E-state index >= 15 is 0 Å². The fraction of sp³-hybridized carbons (Fsp3) is 0.417. The molecule has 1 saturated carbocycles. The topological polar surface area (TPSA) is 57.5 Å². The van der Waals surface area contributed by atoms with Crippen molar-refractivity contribution in [1.29, 1.82) is 0 Å². The largest absolute Gasteiger partial charge is 0.479 e. The second-order valence-electron chi connectivity index (χ2n) is 4.07. The molecule has 0 saturated heterocycles. The molecule has 0 bridgehead atoms. The van der Waals surface area contributed by atoms with Crippen molar-refractivity contribution in [2.24, 2.45) is 5.92 Å². The first kappa shape index (κ1) is 10.2. The van der Waals surface area contributed by atoms with Gasteiger partial charge in [0.15, 0.2) is 5.60 Å². The highest BCUT2D eigenvalue weighted by molar-refractivity contribution is 5.79. The molecule has 0 aromatic heterocycles. The van der Waals surface area contributed by atoms with Crippen LogP contribution in [0.25, 0.3) is 0 Å². The highest BCUT2D eigenvalue weighted by atomic mass is 16.4. The van der Waals surface area contributed by atoms with Gasteiger partial charge in [-0.2, -0.15) is 0 Å². The second-order valence-corrected chi connectivity index (χ2v) is 4.07. The Bertz CT molecular complexity index is 356. The molecule has 15 heavy (non-hydrogen) atoms. The van der Waals surface area contributed by atoms with Crippen LogP contribution in [-0.2, 0) is 10.4 Å². The number of benzene rings is 1. The predicted molar refractivity (Wildman–Crippen MR) is 55.3 cm³/mol. The van der Waals surface area contributed by atoms with Gasteiger partial charge in [-0.1, -0.05) is 36.8 Å². The Kier molecular flexibility index (Phi) is 2.49. The Balaban J connectivity index is 2.38. The van der Waals surface area contributed by atoms with E-state index in [0.29, 0.717) is 5.56 Å². The quantitative estimate of drug-likeness (QED) is 0.792. The molecule has 1 unspecified atom stereocenters. The zero-order valence-electron chi connectivity index (χ0n) is 8.39. The van der Waals surface area contributed by atoms with Crippen LogP contribution >= 0.6 is 0 Å². The van der Waals surface area contributed by atoms with Crippen LogP contribution in [0.5, 0.6) is 0 Å². The highest BCUT2D eigenvalue weighted by Gasteiger charge is 2.47. The molecule has 1 aliphatic carbocycles. The van der Waals surface area contributed by atoms with Crippen molar-refractivity contribution in [1.82, 2.24) is 0 Å². The molecule has 3 heteroatoms. The molecule has 0 amide bonds. The summed E-state index contributed by atoms with van der Waals surface area (Å²) in [6.07, 6.45) is 2.59. The minimum atomic E-state index is -1.69. The van der Waals surface area contributed by atoms with Gasteiger partial charge < -0.3 is 10.2 Å². The minimum absolute atomic E-state index is 0.141. The molecule has 2 N–H and O–H groups in total. The van der Waals surface area contributed by atoms with Crippen LogP contribution in [0.1, 0.15) is 24.8 Å². The van der Waals surface area contributed by atoms with E-state index in [1.54, 1.807) is 24.3 Å². The fourth-order valence-corrected chi connectivity index (χ4v) is 2.05. The summed E-state index contributed by atoms with van der Waals surface area (Å²) in [7, 11) is 0. The first-order valence-electron chi connectivity index (χ1n) is 5.17. The van der Waals surface area contributed by atoms with Crippen LogP contribution in [0, 0.1) is 5.92 Å². The Hall–Kier alpha value is -1.35. The van der Waals surface area contributed by atoms with Gasteiger partial charge in [-0.05, 0) is 18.4 Å². The lowest BCUT2D eigenvalue weighted by atomic mass is 9.70. The van der Waals surface area contributed by atoms with Gasteiger partial charge in [-0.15, -0.1) is 0 Å². The summed E-state index contributed by atoms with van der Waals surface area (Å²) < 4.78 is 0. The molecule has 0 heterocycles. The molecule has 1 aromatic carbocycles. The van der Waals surface area contributed by atoms with E-state index in [0.717, 1.165) is 19.3 Å². The molecule has 80 valence electrons. The first-order chi connectivity index (χ1) is 7.15. The third kappa shape index (κ3) is 1.53. The number of carbonyl (C=O) groups is 1. The number of carboxylic acid groups (broad SMARTS) is 1. The van der Waals surface area contributed by atoms with Gasteiger partial charge in [0.2, 0.25) is 0 Å². The lowest BCUT2D eigenvalue weighted by Crippen LogP contribution is -2.45. The van der Waals surface area contributed by atoms with Gasteiger partial charge in [-0.25, -0.2) is 4.79 Å². The van der Waals surface area contributed by atoms with E-state index in [9.17, 15) is 15.0 Å². The van der Waals surface area contributed by atoms with Crippen molar-refractivity contribution in [3.05, 3.63) is 35.9 Å². The number of aliphatic hydroxyl groups is 1. The molecule has 1 aliphatic rings. The molecule has 0 aliphatic heterocycles. The van der Waals surface area contributed by atoms with Crippen molar-refractivity contribution >= 4 is 5.97 Å². The molecular formula is C12H14O3. The summed E-state index contributed by atoms with van der Waals surface area (Å²) in [5, 5.41) is 19.5. The van der Waals surface area contributed by atoms with Crippen LogP contribution < -0.4 is 0 Å². The van der Waals surface area contributed by atoms with Crippen molar-refractivity contribution in [3.8, 4) is 0 Å². The number of rotatable bonds is 3. The van der Waals surface area contributed by atoms with Crippen molar-refractivity contribution in [2.75, 3.05) is 0 Å². The molecule has 0 radical (unpaired) electrons. The van der Waals surface area contributed by atoms with Gasteiger partial charge in [0, 0.05) is 5.92 Å². The van der Waals surface area contributed by atoms with Gasteiger partial charge in [0.25, 0.3) is 0 Å². The Labute approximate surface area is 88.4 Å². The summed E-state index contributed by atoms with van der Waals surface area (Å²) in [5.74, 6) is -1.28. The number of carboxylic acids is 1. The summed E-state index contributed by atoms with van der Waals surface area (Å²) >= 11 is 0. The van der Waals surface area contributed by atoms with Gasteiger partial charge >= 0.3 is 5.97 Å². The van der Waals surface area contributed by atoms with Crippen LogP contribution in [0.4, 0.5) is 0 Å². The van der Waals surface area contributed by atoms with E-state index in [4.69, 9.17) is 0 Å². The molecule has 3 nitrogen and oxygen atoms in total. The summed E-state index contributed by atoms with van der Waals surface area (Å²) in [6.45, 7) is 0. The molecule has 1 aromatic rings. The van der Waals surface area contributed by atoms with E-state index in [1.807, 2.05) is 6.07 Å². The molecule has 1 atom stereocenters. The van der Waals surface area contributed by atoms with Gasteiger partial charge in [-0.3, -0.25) is 0 Å². The summed E-state index contributed by atoms with van der Waals surface area (Å²) in [6, 6.07) is 8.66. The molecule has 1 fully saturated rings. The van der Waals surface area contributed by atoms with Crippen molar-refractivity contribution in [3.63, 3.8) is 0 Å². The maximum atomic E-state index is 11.2. The minimum Gasteiger partial charge on any atom is -0.479 e. The van der Waals surface area contributed by atoms with E-state index < -0.39 is 11.6 Å². The third-order valence-electron chi connectivity index (χ3n) is 3.24. The van der Waals surface area contributed by atoms with E-state index in [1.165, 1.54) is 0 Å². The van der Waals surface area contributed by atoms with Gasteiger partial charge in [0.1, 0.15) is 0 Å². The van der Waals surface area contributed by atoms with Crippen molar-refractivity contribution < 1.29 is 15.0 Å². The van der Waals surface area contributed by atoms with E-state index in [-0.39, 0.29) is 5.92 Å². The zero-order valence-corrected chi connectivity index (χ0v) is 8.39. The Morgan fingerprint density at radius 1 is 1.27 bits per heavy atom. The number of hydrogen-bond donors (Lipinski definition) is 2. The predicted octanol–water partition coefficient (Wildman–Crippen LogP) is 1.76. The lowest BCUT2D eigenvalue weighted by Gasteiger charge is -2.38. The fourth-order valence-electron chi connectivity index (χ4n) is 2.05. The van der Waals surface area contributed by atoms with E-state index in [2.05, 4.69) is 0 Å². The van der Waals surface area contributed by atoms with Crippen molar-refractivity contribution in [2.45, 2.75) is 24.9 Å². The third-order valence-corrected chi connectivity index (χ3v) is 3.24. The van der Waals surface area contributed by atoms with Gasteiger partial charge in [0.05, 0.1) is 0 Å². The van der Waals surface area contributed by atoms with Crippen LogP contribution in [0.3, 0.4) is 0 Å². The highest BCUT2D eigenvalue weighted by Crippen LogP contribution is 2.42. The number of hydrogen-bond acceptors (Lipinski definition) is 2. The Morgan fingerprint density at radius 2 is 1.87 bits per heavy atom. The average molecular weight is 206 g/mol. The van der Waals surface area contributed by atoms with Crippen LogP contribution in [0.15, 0.2) is 30.3 Å². The normalized spacial score (nSPS) is 20.3. The van der Waals surface area contributed by atoms with Crippen LogP contribution in [0.2, 0.25) is 0 Å². The molecular weight excluding hydrogens is 192 g/mol. The standard InChI is InChI=1S/C12H14O3/c13-11(14)12(15,10-7-4-8-10)9-5-2-1-3-6-9/h1-3,5-6,10,15H,4,7-8H2,(H,13,14). The van der Waals surface area contributed by atoms with Crippen LogP contribution in [-0.4, -0.2) is 16.2 Å². The summed E-state index contributed by atoms with van der Waals surface area (Å²) in [4.78, 5) is 11.2.